The molecule has 2 aromatic rings. The van der Waals surface area contributed by atoms with Crippen molar-refractivity contribution in [1.29, 1.82) is 5.41 Å². The number of carbonyl (C=O) groups is 2. The lowest BCUT2D eigenvalue weighted by molar-refractivity contribution is -0.144. The molecule has 0 aromatic heterocycles. The number of methoxy groups -OCH3 is 1. The Hall–Kier alpha value is -3.24. The van der Waals surface area contributed by atoms with E-state index < -0.39 is 34.5 Å². The molecule has 1 unspecified atom stereocenters. The predicted octanol–water partition coefficient (Wildman–Crippen LogP) is 0.458. The molecular formula is C20H24N4O5S. The zero-order valence-corrected chi connectivity index (χ0v) is 17.5. The van der Waals surface area contributed by atoms with E-state index in [-0.39, 0.29) is 17.2 Å². The maximum absolute atomic E-state index is 12.3. The van der Waals surface area contributed by atoms with Crippen LogP contribution in [0.25, 0.3) is 0 Å². The average molecular weight is 433 g/mol. The summed E-state index contributed by atoms with van der Waals surface area (Å²) in [6, 6.07) is 11.8. The number of hydrogen-bond acceptors (Lipinski definition) is 6. The number of benzene rings is 2. The molecule has 10 heteroatoms. The van der Waals surface area contributed by atoms with E-state index in [0.29, 0.717) is 11.1 Å². The lowest BCUT2D eigenvalue weighted by Gasteiger charge is -2.17. The molecule has 2 aromatic carbocycles. The minimum absolute atomic E-state index is 0.0338. The van der Waals surface area contributed by atoms with Crippen LogP contribution in [0, 0.1) is 12.3 Å². The van der Waals surface area contributed by atoms with Gasteiger partial charge in [0.1, 0.15) is 11.9 Å². The number of nitrogens with one attached hydrogen (secondary N) is 3. The Morgan fingerprint density at radius 1 is 1.17 bits per heavy atom. The standard InChI is InChI=1S/C20H24N4O5S/c1-13-6-8-16(9-7-13)30(27,28)23-12-18(25)24-17(20(26)29-2)11-14-4-3-5-15(10-14)19(21)22/h3-10,17,23H,11-12H2,1-2H3,(H3,21,22)(H,24,25). The molecule has 0 spiro atoms. The van der Waals surface area contributed by atoms with E-state index in [0.717, 1.165) is 5.56 Å². The van der Waals surface area contributed by atoms with Gasteiger partial charge in [-0.2, -0.15) is 0 Å². The summed E-state index contributed by atoms with van der Waals surface area (Å²) in [6.07, 6.45) is 0.0875. The van der Waals surface area contributed by atoms with Gasteiger partial charge in [0.05, 0.1) is 18.6 Å². The largest absolute Gasteiger partial charge is 0.467 e. The first-order valence-corrected chi connectivity index (χ1v) is 10.5. The zero-order chi connectivity index (χ0) is 22.3. The molecule has 1 atom stereocenters. The highest BCUT2D eigenvalue weighted by Crippen LogP contribution is 2.10. The van der Waals surface area contributed by atoms with E-state index in [1.165, 1.54) is 19.2 Å². The molecule has 30 heavy (non-hydrogen) atoms. The molecule has 0 aliphatic rings. The van der Waals surface area contributed by atoms with E-state index in [9.17, 15) is 18.0 Å². The molecule has 1 amide bonds. The molecule has 0 radical (unpaired) electrons. The Labute approximate surface area is 175 Å². The van der Waals surface area contributed by atoms with Crippen molar-refractivity contribution in [3.05, 3.63) is 65.2 Å². The Morgan fingerprint density at radius 2 is 1.83 bits per heavy atom. The maximum Gasteiger partial charge on any atom is 0.328 e. The van der Waals surface area contributed by atoms with Crippen LogP contribution < -0.4 is 15.8 Å². The van der Waals surface area contributed by atoms with Crippen LogP contribution in [0.4, 0.5) is 0 Å². The average Bonchev–Trinajstić information content (AvgIpc) is 2.72. The number of ether oxygens (including phenoxy) is 1. The number of rotatable bonds is 9. The summed E-state index contributed by atoms with van der Waals surface area (Å²) in [5.74, 6) is -1.50. The minimum Gasteiger partial charge on any atom is -0.467 e. The molecule has 9 nitrogen and oxygen atoms in total. The quantitative estimate of drug-likeness (QED) is 0.257. The molecule has 0 heterocycles. The topological polar surface area (TPSA) is 151 Å². The number of aryl methyl sites for hydroxylation is 1. The third-order valence-corrected chi connectivity index (χ3v) is 5.67. The highest BCUT2D eigenvalue weighted by Gasteiger charge is 2.23. The van der Waals surface area contributed by atoms with Crippen LogP contribution in [-0.2, 0) is 30.8 Å². The molecule has 0 saturated carbocycles. The van der Waals surface area contributed by atoms with Gasteiger partial charge in [-0.25, -0.2) is 17.9 Å². The Kier molecular flexibility index (Phi) is 7.67. The van der Waals surface area contributed by atoms with E-state index >= 15 is 0 Å². The number of esters is 1. The molecule has 0 saturated heterocycles. The van der Waals surface area contributed by atoms with Gasteiger partial charge < -0.3 is 15.8 Å². The molecule has 0 aliphatic carbocycles. The van der Waals surface area contributed by atoms with Gasteiger partial charge in [-0.3, -0.25) is 10.2 Å². The number of amidine groups is 1. The summed E-state index contributed by atoms with van der Waals surface area (Å²) >= 11 is 0. The fourth-order valence-corrected chi connectivity index (χ4v) is 3.63. The number of carbonyl (C=O) groups excluding carboxylic acids is 2. The van der Waals surface area contributed by atoms with Crippen molar-refractivity contribution >= 4 is 27.7 Å². The second kappa shape index (κ2) is 9.99. The maximum atomic E-state index is 12.3. The van der Waals surface area contributed by atoms with Crippen LogP contribution in [-0.4, -0.2) is 45.8 Å². The van der Waals surface area contributed by atoms with E-state index in [1.807, 2.05) is 6.92 Å². The van der Waals surface area contributed by atoms with Gasteiger partial charge in [-0.15, -0.1) is 0 Å². The van der Waals surface area contributed by atoms with E-state index in [2.05, 4.69) is 10.0 Å². The van der Waals surface area contributed by atoms with Gasteiger partial charge in [-0.05, 0) is 30.7 Å². The van der Waals surface area contributed by atoms with Crippen molar-refractivity contribution in [2.24, 2.45) is 5.73 Å². The highest BCUT2D eigenvalue weighted by molar-refractivity contribution is 7.89. The Bertz CT molecular complexity index is 1040. The minimum atomic E-state index is -3.87. The summed E-state index contributed by atoms with van der Waals surface area (Å²) in [7, 11) is -2.68. The molecule has 5 N–H and O–H groups in total. The number of amides is 1. The van der Waals surface area contributed by atoms with Gasteiger partial charge >= 0.3 is 5.97 Å². The van der Waals surface area contributed by atoms with Crippen LogP contribution in [0.2, 0.25) is 0 Å². The van der Waals surface area contributed by atoms with Gasteiger partial charge in [0.2, 0.25) is 15.9 Å². The summed E-state index contributed by atoms with van der Waals surface area (Å²) in [5.41, 5.74) is 7.51. The van der Waals surface area contributed by atoms with Crippen LogP contribution in [0.3, 0.4) is 0 Å². The monoisotopic (exact) mass is 432 g/mol. The fourth-order valence-electron chi connectivity index (χ4n) is 2.64. The van der Waals surface area contributed by atoms with Crippen LogP contribution in [0.5, 0.6) is 0 Å². The summed E-state index contributed by atoms with van der Waals surface area (Å²) in [4.78, 5) is 24.4. The molecular weight excluding hydrogens is 408 g/mol. The molecule has 160 valence electrons. The number of nitrogen functional groups attached to an aromatic ring is 1. The van der Waals surface area contributed by atoms with E-state index in [1.54, 1.807) is 36.4 Å². The number of nitrogens with two attached hydrogens (primary N) is 1. The summed E-state index contributed by atoms with van der Waals surface area (Å²) < 4.78 is 31.5. The summed E-state index contributed by atoms with van der Waals surface area (Å²) in [5, 5.41) is 9.97. The molecule has 0 aliphatic heterocycles. The van der Waals surface area contributed by atoms with Crippen molar-refractivity contribution in [2.75, 3.05) is 13.7 Å². The normalized spacial score (nSPS) is 12.1. The van der Waals surface area contributed by atoms with Crippen LogP contribution >= 0.6 is 0 Å². The Balaban J connectivity index is 2.04. The van der Waals surface area contributed by atoms with Crippen LogP contribution in [0.15, 0.2) is 53.4 Å². The molecule has 2 rings (SSSR count). The van der Waals surface area contributed by atoms with Crippen molar-refractivity contribution in [2.45, 2.75) is 24.3 Å². The van der Waals surface area contributed by atoms with Gasteiger partial charge in [0.25, 0.3) is 0 Å². The first kappa shape index (κ1) is 23.0. The summed E-state index contributed by atoms with van der Waals surface area (Å²) in [6.45, 7) is 1.29. The first-order valence-electron chi connectivity index (χ1n) is 8.99. The SMILES string of the molecule is COC(=O)C(Cc1cccc(C(=N)N)c1)NC(=O)CNS(=O)(=O)c1ccc(C)cc1. The van der Waals surface area contributed by atoms with E-state index in [4.69, 9.17) is 15.9 Å². The second-order valence-corrected chi connectivity index (χ2v) is 8.37. The van der Waals surface area contributed by atoms with Crippen molar-refractivity contribution in [1.82, 2.24) is 10.0 Å². The smallest absolute Gasteiger partial charge is 0.328 e. The van der Waals surface area contributed by atoms with Crippen LogP contribution in [0.1, 0.15) is 16.7 Å². The second-order valence-electron chi connectivity index (χ2n) is 6.60. The number of hydrogen-bond donors (Lipinski definition) is 4. The van der Waals surface area contributed by atoms with Gasteiger partial charge in [-0.1, -0.05) is 35.9 Å². The fraction of sp³-hybridized carbons (Fsp3) is 0.250. The van der Waals surface area contributed by atoms with Gasteiger partial charge in [0, 0.05) is 12.0 Å². The first-order chi connectivity index (χ1) is 14.1. The van der Waals surface area contributed by atoms with Crippen molar-refractivity contribution in [3.63, 3.8) is 0 Å². The van der Waals surface area contributed by atoms with Crippen molar-refractivity contribution < 1.29 is 22.7 Å². The third kappa shape index (κ3) is 6.39. The lowest BCUT2D eigenvalue weighted by atomic mass is 10.0. The molecule has 0 bridgehead atoms. The zero-order valence-electron chi connectivity index (χ0n) is 16.6. The third-order valence-electron chi connectivity index (χ3n) is 4.25. The molecule has 0 fully saturated rings. The van der Waals surface area contributed by atoms with Gasteiger partial charge in [0.15, 0.2) is 0 Å². The van der Waals surface area contributed by atoms with Crippen molar-refractivity contribution in [3.8, 4) is 0 Å². The predicted molar refractivity (Wildman–Crippen MR) is 111 cm³/mol. The number of sulfonamides is 1. The Morgan fingerprint density at radius 3 is 2.43 bits per heavy atom. The highest BCUT2D eigenvalue weighted by atomic mass is 32.2. The lowest BCUT2D eigenvalue weighted by Crippen LogP contribution is -2.47.